The van der Waals surface area contributed by atoms with Crippen molar-refractivity contribution in [3.63, 3.8) is 0 Å². The molecule has 1 atom stereocenters. The average Bonchev–Trinajstić information content (AvgIpc) is 2.66. The number of carbonyl (C=O) groups excluding carboxylic acids is 1. The van der Waals surface area contributed by atoms with Crippen molar-refractivity contribution in [2.45, 2.75) is 12.5 Å². The van der Waals surface area contributed by atoms with Gasteiger partial charge in [0.05, 0.1) is 12.0 Å². The standard InChI is InChI=1S/C9H11N3O4/c1-2-16-9(15)12-5-11-4-6(12)3-7(10)8(13)14/h2,4-5,7H,1,3,10H2,(H,13,14)/t7-/m0/s1. The van der Waals surface area contributed by atoms with E-state index in [1.807, 2.05) is 0 Å². The maximum atomic E-state index is 11.3. The number of nitrogens with zero attached hydrogens (tertiary/aromatic N) is 2. The van der Waals surface area contributed by atoms with Gasteiger partial charge in [-0.05, 0) is 0 Å². The molecule has 0 unspecified atom stereocenters. The molecule has 3 N–H and O–H groups in total. The zero-order valence-corrected chi connectivity index (χ0v) is 8.37. The number of carboxylic acid groups (broad SMARTS) is 1. The van der Waals surface area contributed by atoms with Crippen LogP contribution in [0.1, 0.15) is 5.69 Å². The molecule has 0 spiro atoms. The summed E-state index contributed by atoms with van der Waals surface area (Å²) in [6.45, 7) is 3.23. The van der Waals surface area contributed by atoms with E-state index in [1.54, 1.807) is 0 Å². The minimum Gasteiger partial charge on any atom is -0.480 e. The Labute approximate surface area is 91.1 Å². The fourth-order valence-corrected chi connectivity index (χ4v) is 1.08. The van der Waals surface area contributed by atoms with E-state index < -0.39 is 18.1 Å². The molecule has 1 rings (SSSR count). The van der Waals surface area contributed by atoms with Gasteiger partial charge in [0.1, 0.15) is 12.4 Å². The second-order valence-corrected chi connectivity index (χ2v) is 2.95. The van der Waals surface area contributed by atoms with E-state index >= 15 is 0 Å². The normalized spacial score (nSPS) is 11.8. The van der Waals surface area contributed by atoms with Crippen molar-refractivity contribution < 1.29 is 19.4 Å². The van der Waals surface area contributed by atoms with Gasteiger partial charge >= 0.3 is 12.1 Å². The topological polar surface area (TPSA) is 107 Å². The number of nitrogens with two attached hydrogens (primary N) is 1. The summed E-state index contributed by atoms with van der Waals surface area (Å²) in [7, 11) is 0. The van der Waals surface area contributed by atoms with E-state index in [9.17, 15) is 9.59 Å². The van der Waals surface area contributed by atoms with Gasteiger partial charge in [-0.15, -0.1) is 0 Å². The third-order valence-corrected chi connectivity index (χ3v) is 1.84. The molecular weight excluding hydrogens is 214 g/mol. The van der Waals surface area contributed by atoms with Crippen molar-refractivity contribution in [1.29, 1.82) is 0 Å². The number of hydrogen-bond donors (Lipinski definition) is 2. The van der Waals surface area contributed by atoms with Gasteiger partial charge in [0.2, 0.25) is 0 Å². The quantitative estimate of drug-likeness (QED) is 0.696. The van der Waals surface area contributed by atoms with Crippen LogP contribution in [0.15, 0.2) is 25.4 Å². The van der Waals surface area contributed by atoms with E-state index in [4.69, 9.17) is 10.8 Å². The lowest BCUT2D eigenvalue weighted by Gasteiger charge is -2.07. The number of hydrogen-bond acceptors (Lipinski definition) is 5. The molecule has 0 aliphatic carbocycles. The van der Waals surface area contributed by atoms with Crippen molar-refractivity contribution in [3.8, 4) is 0 Å². The van der Waals surface area contributed by atoms with Crippen LogP contribution < -0.4 is 5.73 Å². The Kier molecular flexibility index (Phi) is 3.78. The van der Waals surface area contributed by atoms with E-state index in [1.165, 1.54) is 12.5 Å². The van der Waals surface area contributed by atoms with Crippen molar-refractivity contribution in [2.75, 3.05) is 0 Å². The molecule has 0 aliphatic heterocycles. The molecule has 0 amide bonds. The first-order valence-corrected chi connectivity index (χ1v) is 4.37. The third-order valence-electron chi connectivity index (χ3n) is 1.84. The smallest absolute Gasteiger partial charge is 0.424 e. The number of carboxylic acids is 1. The number of aliphatic carboxylic acids is 1. The number of carbonyl (C=O) groups is 2. The van der Waals surface area contributed by atoms with Crippen LogP contribution in [0.25, 0.3) is 0 Å². The Morgan fingerprint density at radius 1 is 1.75 bits per heavy atom. The molecule has 0 bridgehead atoms. The molecule has 7 nitrogen and oxygen atoms in total. The Balaban J connectivity index is 2.82. The molecule has 1 aromatic heterocycles. The summed E-state index contributed by atoms with van der Waals surface area (Å²) < 4.78 is 5.60. The van der Waals surface area contributed by atoms with Gasteiger partial charge in [0, 0.05) is 12.6 Å². The molecule has 86 valence electrons. The lowest BCUT2D eigenvalue weighted by atomic mass is 10.2. The fourth-order valence-electron chi connectivity index (χ4n) is 1.08. The molecule has 1 aromatic rings. The highest BCUT2D eigenvalue weighted by Gasteiger charge is 2.17. The molecule has 0 aromatic carbocycles. The second kappa shape index (κ2) is 5.08. The van der Waals surface area contributed by atoms with E-state index in [2.05, 4.69) is 16.3 Å². The average molecular weight is 225 g/mol. The molecule has 0 saturated heterocycles. The van der Waals surface area contributed by atoms with Gasteiger partial charge in [-0.25, -0.2) is 14.3 Å². The Morgan fingerprint density at radius 2 is 2.44 bits per heavy atom. The maximum Gasteiger partial charge on any atom is 0.424 e. The van der Waals surface area contributed by atoms with Gasteiger partial charge in [0.25, 0.3) is 0 Å². The number of rotatable bonds is 4. The van der Waals surface area contributed by atoms with E-state index in [-0.39, 0.29) is 6.42 Å². The summed E-state index contributed by atoms with van der Waals surface area (Å²) in [5.41, 5.74) is 5.70. The lowest BCUT2D eigenvalue weighted by molar-refractivity contribution is -0.138. The summed E-state index contributed by atoms with van der Waals surface area (Å²) in [6, 6.07) is -1.09. The summed E-state index contributed by atoms with van der Waals surface area (Å²) in [5, 5.41) is 8.63. The van der Waals surface area contributed by atoms with Gasteiger partial charge in [-0.3, -0.25) is 4.79 Å². The lowest BCUT2D eigenvalue weighted by Crippen LogP contribution is -2.33. The summed E-state index contributed by atoms with van der Waals surface area (Å²) in [4.78, 5) is 25.6. The van der Waals surface area contributed by atoms with Crippen molar-refractivity contribution in [1.82, 2.24) is 9.55 Å². The first-order valence-electron chi connectivity index (χ1n) is 4.37. The first kappa shape index (κ1) is 11.9. The zero-order chi connectivity index (χ0) is 12.1. The van der Waals surface area contributed by atoms with Crippen LogP contribution in [-0.4, -0.2) is 32.8 Å². The molecule has 1 heterocycles. The molecule has 7 heteroatoms. The number of imidazole rings is 1. The zero-order valence-electron chi connectivity index (χ0n) is 8.37. The van der Waals surface area contributed by atoms with E-state index in [0.29, 0.717) is 5.69 Å². The van der Waals surface area contributed by atoms with Crippen LogP contribution in [0, 0.1) is 0 Å². The highest BCUT2D eigenvalue weighted by Crippen LogP contribution is 2.04. The van der Waals surface area contributed by atoms with Crippen molar-refractivity contribution in [3.05, 3.63) is 31.1 Å². The predicted octanol–water partition coefficient (Wildman–Crippen LogP) is -0.0343. The fraction of sp³-hybridized carbons (Fsp3) is 0.222. The molecule has 0 radical (unpaired) electrons. The highest BCUT2D eigenvalue weighted by atomic mass is 16.5. The van der Waals surface area contributed by atoms with Crippen LogP contribution in [0.2, 0.25) is 0 Å². The summed E-state index contributed by atoms with van der Waals surface area (Å²) in [5.74, 6) is -1.15. The molecule has 0 saturated carbocycles. The van der Waals surface area contributed by atoms with E-state index in [0.717, 1.165) is 10.8 Å². The highest BCUT2D eigenvalue weighted by molar-refractivity contribution is 5.74. The van der Waals surface area contributed by atoms with Crippen LogP contribution in [0.3, 0.4) is 0 Å². The van der Waals surface area contributed by atoms with Crippen LogP contribution in [-0.2, 0) is 16.0 Å². The van der Waals surface area contributed by atoms with Crippen molar-refractivity contribution >= 4 is 12.1 Å². The Morgan fingerprint density at radius 3 is 3.00 bits per heavy atom. The second-order valence-electron chi connectivity index (χ2n) is 2.95. The van der Waals surface area contributed by atoms with Gasteiger partial charge in [0.15, 0.2) is 0 Å². The number of ether oxygens (including phenoxy) is 1. The monoisotopic (exact) mass is 225 g/mol. The first-order chi connectivity index (χ1) is 7.56. The Hall–Kier alpha value is -2.15. The number of aromatic nitrogens is 2. The van der Waals surface area contributed by atoms with Crippen LogP contribution in [0.5, 0.6) is 0 Å². The van der Waals surface area contributed by atoms with Crippen molar-refractivity contribution in [2.24, 2.45) is 5.73 Å². The maximum absolute atomic E-state index is 11.3. The van der Waals surface area contributed by atoms with Gasteiger partial charge < -0.3 is 15.6 Å². The minimum absolute atomic E-state index is 0.0123. The van der Waals surface area contributed by atoms with Crippen LogP contribution in [0.4, 0.5) is 4.79 Å². The third kappa shape index (κ3) is 2.67. The largest absolute Gasteiger partial charge is 0.480 e. The van der Waals surface area contributed by atoms with Gasteiger partial charge in [-0.1, -0.05) is 6.58 Å². The Bertz CT molecular complexity index is 413. The predicted molar refractivity (Wildman–Crippen MR) is 53.6 cm³/mol. The van der Waals surface area contributed by atoms with Gasteiger partial charge in [-0.2, -0.15) is 0 Å². The summed E-state index contributed by atoms with van der Waals surface area (Å²) in [6.07, 6.45) is 2.83. The molecule has 0 fully saturated rings. The summed E-state index contributed by atoms with van der Waals surface area (Å²) >= 11 is 0. The van der Waals surface area contributed by atoms with Crippen LogP contribution >= 0.6 is 0 Å². The SMILES string of the molecule is C=COC(=O)n1cncc1C[C@H](N)C(=O)O. The molecule has 16 heavy (non-hydrogen) atoms. The molecule has 0 aliphatic rings. The minimum atomic E-state index is -1.15. The molecular formula is C9H11N3O4.